The van der Waals surface area contributed by atoms with Crippen LogP contribution in [0.25, 0.3) is 11.0 Å². The molecule has 0 fully saturated rings. The highest BCUT2D eigenvalue weighted by Gasteiger charge is 2.15. The highest BCUT2D eigenvalue weighted by Crippen LogP contribution is 2.19. The van der Waals surface area contributed by atoms with Crippen LogP contribution in [0.3, 0.4) is 0 Å². The molecule has 2 unspecified atom stereocenters. The first-order chi connectivity index (χ1) is 9.40. The Kier molecular flexibility index (Phi) is 4.08. The van der Waals surface area contributed by atoms with Crippen LogP contribution in [-0.4, -0.2) is 36.8 Å². The van der Waals surface area contributed by atoms with Crippen molar-refractivity contribution in [3.05, 3.63) is 34.2 Å². The maximum absolute atomic E-state index is 12.0. The molecule has 0 amide bonds. The predicted molar refractivity (Wildman–Crippen MR) is 77.8 cm³/mol. The van der Waals surface area contributed by atoms with Crippen molar-refractivity contribution in [3.8, 4) is 0 Å². The molecule has 20 heavy (non-hydrogen) atoms. The Hall–Kier alpha value is -1.89. The number of nitrogens with one attached hydrogen (secondary N) is 1. The van der Waals surface area contributed by atoms with Gasteiger partial charge in [-0.05, 0) is 31.5 Å². The molecule has 7 heteroatoms. The molecule has 0 aliphatic carbocycles. The average Bonchev–Trinajstić information content (AvgIpc) is 2.70. The molecule has 0 bridgehead atoms. The van der Waals surface area contributed by atoms with E-state index in [0.717, 1.165) is 0 Å². The fourth-order valence-electron chi connectivity index (χ4n) is 2.16. The maximum Gasteiger partial charge on any atom is 0.335 e. The lowest BCUT2D eigenvalue weighted by atomic mass is 10.2. The van der Waals surface area contributed by atoms with E-state index in [2.05, 4.69) is 4.98 Å². The number of rotatable bonds is 5. The van der Waals surface area contributed by atoms with Gasteiger partial charge in [0.15, 0.2) is 0 Å². The Bertz CT molecular complexity index is 732. The van der Waals surface area contributed by atoms with E-state index in [9.17, 15) is 13.8 Å². The van der Waals surface area contributed by atoms with Crippen LogP contribution in [0.4, 0.5) is 0 Å². The molecule has 6 nitrogen and oxygen atoms in total. The van der Waals surface area contributed by atoms with Crippen molar-refractivity contribution in [3.63, 3.8) is 0 Å². The summed E-state index contributed by atoms with van der Waals surface area (Å²) in [7, 11) is -0.920. The van der Waals surface area contributed by atoms with Crippen molar-refractivity contribution in [2.45, 2.75) is 19.4 Å². The molecule has 0 aliphatic heterocycles. The van der Waals surface area contributed by atoms with E-state index in [1.807, 2.05) is 6.92 Å². The monoisotopic (exact) mass is 296 g/mol. The normalized spacial score (nSPS) is 14.3. The van der Waals surface area contributed by atoms with Crippen molar-refractivity contribution < 1.29 is 14.1 Å². The number of H-pyrrole nitrogens is 1. The van der Waals surface area contributed by atoms with Gasteiger partial charge in [0, 0.05) is 28.9 Å². The van der Waals surface area contributed by atoms with E-state index >= 15 is 0 Å². The molecular weight excluding hydrogens is 280 g/mol. The molecule has 108 valence electrons. The molecule has 1 heterocycles. The number of nitrogens with zero attached hydrogens (tertiary/aromatic N) is 1. The standard InChI is InChI=1S/C13H16N2O4S/c1-8(5-6-20(2)19)15-11-7-9(12(16)17)3-4-10(11)14-13(15)18/h3-4,7-8H,5-6H2,1-2H3,(H,14,18)(H,16,17). The van der Waals surface area contributed by atoms with E-state index in [1.165, 1.54) is 16.7 Å². The highest BCUT2D eigenvalue weighted by atomic mass is 32.2. The Morgan fingerprint density at radius 1 is 1.50 bits per heavy atom. The number of fused-ring (bicyclic) bond motifs is 1. The number of benzene rings is 1. The zero-order valence-corrected chi connectivity index (χ0v) is 12.1. The largest absolute Gasteiger partial charge is 0.478 e. The van der Waals surface area contributed by atoms with Crippen LogP contribution in [-0.2, 0) is 10.8 Å². The third-order valence-corrected chi connectivity index (χ3v) is 4.04. The fraction of sp³-hybridized carbons (Fsp3) is 0.385. The zero-order valence-electron chi connectivity index (χ0n) is 11.3. The SMILES string of the molecule is CC(CCS(C)=O)n1c(=O)[nH]c2ccc(C(=O)O)cc21. The zero-order chi connectivity index (χ0) is 14.9. The third kappa shape index (κ3) is 2.82. The third-order valence-electron chi connectivity index (χ3n) is 3.23. The molecule has 1 aromatic heterocycles. The van der Waals surface area contributed by atoms with E-state index < -0.39 is 16.8 Å². The number of carboxylic acid groups (broad SMARTS) is 1. The van der Waals surface area contributed by atoms with Crippen molar-refractivity contribution in [2.75, 3.05) is 12.0 Å². The lowest BCUT2D eigenvalue weighted by Gasteiger charge is -2.12. The molecule has 1 aromatic carbocycles. The number of carboxylic acids is 1. The van der Waals surface area contributed by atoms with E-state index in [1.54, 1.807) is 12.3 Å². The second-order valence-electron chi connectivity index (χ2n) is 4.75. The molecule has 0 saturated carbocycles. The van der Waals surface area contributed by atoms with Gasteiger partial charge < -0.3 is 10.1 Å². The van der Waals surface area contributed by atoms with E-state index in [-0.39, 0.29) is 17.3 Å². The molecule has 0 saturated heterocycles. The fourth-order valence-corrected chi connectivity index (χ4v) is 2.83. The Morgan fingerprint density at radius 3 is 2.80 bits per heavy atom. The summed E-state index contributed by atoms with van der Waals surface area (Å²) in [5.41, 5.74) is 1.02. The minimum atomic E-state index is -1.03. The molecule has 2 N–H and O–H groups in total. The quantitative estimate of drug-likeness (QED) is 0.871. The number of aromatic nitrogens is 2. The van der Waals surface area contributed by atoms with E-state index in [4.69, 9.17) is 5.11 Å². The summed E-state index contributed by atoms with van der Waals surface area (Å²) in [4.78, 5) is 25.7. The minimum Gasteiger partial charge on any atom is -0.478 e. The molecule has 0 spiro atoms. The number of aromatic amines is 1. The van der Waals surface area contributed by atoms with Gasteiger partial charge in [0.2, 0.25) is 0 Å². The van der Waals surface area contributed by atoms with Gasteiger partial charge in [-0.1, -0.05) is 0 Å². The van der Waals surface area contributed by atoms with Crippen molar-refractivity contribution in [1.29, 1.82) is 0 Å². The summed E-state index contributed by atoms with van der Waals surface area (Å²) in [5.74, 6) is -0.534. The number of aromatic carboxylic acids is 1. The Balaban J connectivity index is 2.48. The van der Waals surface area contributed by atoms with Crippen molar-refractivity contribution in [2.24, 2.45) is 0 Å². The van der Waals surface area contributed by atoms with Crippen LogP contribution >= 0.6 is 0 Å². The first kappa shape index (κ1) is 14.5. The van der Waals surface area contributed by atoms with Gasteiger partial charge in [-0.25, -0.2) is 9.59 Å². The summed E-state index contributed by atoms with van der Waals surface area (Å²) in [6.07, 6.45) is 2.21. The van der Waals surface area contributed by atoms with Gasteiger partial charge in [-0.3, -0.25) is 8.78 Å². The Morgan fingerprint density at radius 2 is 2.20 bits per heavy atom. The average molecular weight is 296 g/mol. The lowest BCUT2D eigenvalue weighted by Crippen LogP contribution is -2.21. The number of imidazole rings is 1. The van der Waals surface area contributed by atoms with Gasteiger partial charge in [0.25, 0.3) is 0 Å². The summed E-state index contributed by atoms with van der Waals surface area (Å²) in [6.45, 7) is 1.86. The number of carbonyl (C=O) groups is 1. The molecular formula is C13H16N2O4S. The van der Waals surface area contributed by atoms with Crippen molar-refractivity contribution >= 4 is 27.8 Å². The van der Waals surface area contributed by atoms with Gasteiger partial charge >= 0.3 is 11.7 Å². The Labute approximate surface area is 117 Å². The second kappa shape index (κ2) is 5.62. The molecule has 0 radical (unpaired) electrons. The maximum atomic E-state index is 12.0. The van der Waals surface area contributed by atoms with Gasteiger partial charge in [-0.15, -0.1) is 0 Å². The van der Waals surface area contributed by atoms with Gasteiger partial charge in [0.1, 0.15) is 0 Å². The van der Waals surface area contributed by atoms with Crippen LogP contribution in [0.1, 0.15) is 29.7 Å². The first-order valence-electron chi connectivity index (χ1n) is 6.17. The molecule has 2 rings (SSSR count). The summed E-state index contributed by atoms with van der Waals surface area (Å²) in [6, 6.07) is 4.37. The molecule has 2 aromatic rings. The smallest absolute Gasteiger partial charge is 0.335 e. The summed E-state index contributed by atoms with van der Waals surface area (Å²) < 4.78 is 12.7. The predicted octanol–water partition coefficient (Wildman–Crippen LogP) is 1.36. The van der Waals surface area contributed by atoms with Crippen molar-refractivity contribution in [1.82, 2.24) is 9.55 Å². The summed E-state index contributed by atoms with van der Waals surface area (Å²) >= 11 is 0. The minimum absolute atomic E-state index is 0.136. The topological polar surface area (TPSA) is 92.2 Å². The van der Waals surface area contributed by atoms with Crippen LogP contribution in [0.2, 0.25) is 0 Å². The number of hydrogen-bond donors (Lipinski definition) is 2. The van der Waals surface area contributed by atoms with Gasteiger partial charge in [-0.2, -0.15) is 0 Å². The van der Waals surface area contributed by atoms with Gasteiger partial charge in [0.05, 0.1) is 16.6 Å². The lowest BCUT2D eigenvalue weighted by molar-refractivity contribution is 0.0697. The van der Waals surface area contributed by atoms with E-state index in [0.29, 0.717) is 23.2 Å². The van der Waals surface area contributed by atoms with Crippen LogP contribution in [0.5, 0.6) is 0 Å². The summed E-state index contributed by atoms with van der Waals surface area (Å²) in [5, 5.41) is 9.02. The van der Waals surface area contributed by atoms with Crippen LogP contribution in [0.15, 0.2) is 23.0 Å². The van der Waals surface area contributed by atoms with Crippen LogP contribution in [0, 0.1) is 0 Å². The number of hydrogen-bond acceptors (Lipinski definition) is 3. The highest BCUT2D eigenvalue weighted by molar-refractivity contribution is 7.84. The second-order valence-corrected chi connectivity index (χ2v) is 6.31. The molecule has 2 atom stereocenters. The van der Waals surface area contributed by atoms with Crippen LogP contribution < -0.4 is 5.69 Å². The molecule has 0 aliphatic rings. The first-order valence-corrected chi connectivity index (χ1v) is 7.90.